The van der Waals surface area contributed by atoms with Crippen LogP contribution in [0.3, 0.4) is 0 Å². The molecule has 2 atom stereocenters. The van der Waals surface area contributed by atoms with Gasteiger partial charge in [-0.15, -0.1) is 0 Å². The van der Waals surface area contributed by atoms with Crippen molar-refractivity contribution >= 4 is 5.91 Å². The number of ether oxygens (including phenoxy) is 1. The molecule has 0 aliphatic carbocycles. The molecule has 0 saturated carbocycles. The number of likely N-dealkylation sites (tertiary alicyclic amines) is 1. The minimum atomic E-state index is -0.118. The van der Waals surface area contributed by atoms with Gasteiger partial charge in [0.2, 0.25) is 0 Å². The Bertz CT molecular complexity index is 453. The summed E-state index contributed by atoms with van der Waals surface area (Å²) in [7, 11) is 1.82. The van der Waals surface area contributed by atoms with E-state index in [2.05, 4.69) is 15.2 Å². The van der Waals surface area contributed by atoms with E-state index in [-0.39, 0.29) is 11.9 Å². The molecule has 0 aromatic carbocycles. The van der Waals surface area contributed by atoms with Crippen molar-refractivity contribution in [3.63, 3.8) is 0 Å². The minimum Gasteiger partial charge on any atom is -0.378 e. The highest BCUT2D eigenvalue weighted by molar-refractivity contribution is 5.91. The molecule has 1 aromatic heterocycles. The Morgan fingerprint density at radius 3 is 2.89 bits per heavy atom. The van der Waals surface area contributed by atoms with Crippen LogP contribution in [0.4, 0.5) is 0 Å². The highest BCUT2D eigenvalue weighted by Crippen LogP contribution is 2.19. The maximum absolute atomic E-state index is 12.2. The molecule has 6 nitrogen and oxygen atoms in total. The zero-order valence-electron chi connectivity index (χ0n) is 11.2. The van der Waals surface area contributed by atoms with Crippen molar-refractivity contribution in [3.8, 4) is 0 Å². The lowest BCUT2D eigenvalue weighted by molar-refractivity contribution is 0.0903. The summed E-state index contributed by atoms with van der Waals surface area (Å²) in [6.45, 7) is 3.54. The number of nitrogens with zero attached hydrogens (tertiary/aromatic N) is 3. The van der Waals surface area contributed by atoms with Gasteiger partial charge < -0.3 is 14.6 Å². The number of hydrogen-bond acceptors (Lipinski definition) is 4. The van der Waals surface area contributed by atoms with E-state index in [0.717, 1.165) is 13.1 Å². The van der Waals surface area contributed by atoms with Gasteiger partial charge >= 0.3 is 0 Å². The Morgan fingerprint density at radius 1 is 1.42 bits per heavy atom. The maximum Gasteiger partial charge on any atom is 0.287 e. The van der Waals surface area contributed by atoms with Crippen LogP contribution in [0.25, 0.3) is 0 Å². The highest BCUT2D eigenvalue weighted by Gasteiger charge is 2.35. The monoisotopic (exact) mass is 264 g/mol. The van der Waals surface area contributed by atoms with Crippen LogP contribution in [0.5, 0.6) is 0 Å². The predicted octanol–water partition coefficient (Wildman–Crippen LogP) is 0.0131. The lowest BCUT2D eigenvalue weighted by Crippen LogP contribution is -2.50. The number of aryl methyl sites for hydroxylation is 1. The molecule has 1 N–H and O–H groups in total. The van der Waals surface area contributed by atoms with E-state index in [1.807, 2.05) is 7.05 Å². The van der Waals surface area contributed by atoms with Gasteiger partial charge in [-0.25, -0.2) is 4.98 Å². The van der Waals surface area contributed by atoms with Crippen molar-refractivity contribution in [2.45, 2.75) is 24.9 Å². The molecule has 2 saturated heterocycles. The molecule has 0 spiro atoms. The van der Waals surface area contributed by atoms with Gasteiger partial charge in [0.25, 0.3) is 5.91 Å². The Hall–Kier alpha value is -1.40. The maximum atomic E-state index is 12.2. The first-order chi connectivity index (χ1) is 9.25. The topological polar surface area (TPSA) is 59.4 Å². The average molecular weight is 264 g/mol. The molecule has 1 amide bonds. The zero-order chi connectivity index (χ0) is 13.2. The van der Waals surface area contributed by atoms with Crippen LogP contribution in [-0.2, 0) is 11.8 Å². The fourth-order valence-electron chi connectivity index (χ4n) is 2.93. The second-order valence-electron chi connectivity index (χ2n) is 5.29. The molecule has 104 valence electrons. The van der Waals surface area contributed by atoms with Gasteiger partial charge in [0.1, 0.15) is 0 Å². The van der Waals surface area contributed by atoms with Crippen molar-refractivity contribution in [3.05, 3.63) is 18.2 Å². The van der Waals surface area contributed by atoms with Crippen LogP contribution in [0.15, 0.2) is 12.4 Å². The fourth-order valence-corrected chi connectivity index (χ4v) is 2.93. The summed E-state index contributed by atoms with van der Waals surface area (Å²) in [5.41, 5.74) is 0. The Morgan fingerprint density at radius 2 is 2.21 bits per heavy atom. The van der Waals surface area contributed by atoms with Crippen LogP contribution < -0.4 is 5.32 Å². The second-order valence-corrected chi connectivity index (χ2v) is 5.29. The molecule has 0 unspecified atom stereocenters. The van der Waals surface area contributed by atoms with Gasteiger partial charge in [-0.3, -0.25) is 9.69 Å². The molecule has 1 aromatic rings. The summed E-state index contributed by atoms with van der Waals surface area (Å²) in [5.74, 6) is 0.333. The average Bonchev–Trinajstić information content (AvgIpc) is 3.07. The van der Waals surface area contributed by atoms with Crippen LogP contribution in [0.1, 0.15) is 23.5 Å². The number of amides is 1. The third kappa shape index (κ3) is 2.50. The van der Waals surface area contributed by atoms with Crippen LogP contribution in [0, 0.1) is 0 Å². The summed E-state index contributed by atoms with van der Waals surface area (Å²) >= 11 is 0. The Kier molecular flexibility index (Phi) is 3.52. The first-order valence-electron chi connectivity index (χ1n) is 6.85. The molecule has 6 heteroatoms. The summed E-state index contributed by atoms with van der Waals surface area (Å²) in [5, 5.41) is 3.06. The predicted molar refractivity (Wildman–Crippen MR) is 69.9 cm³/mol. The third-order valence-electron chi connectivity index (χ3n) is 4.00. The van der Waals surface area contributed by atoms with E-state index in [1.165, 1.54) is 12.8 Å². The first-order valence-corrected chi connectivity index (χ1v) is 6.85. The number of imidazole rings is 1. The van der Waals surface area contributed by atoms with Gasteiger partial charge in [0.15, 0.2) is 5.82 Å². The van der Waals surface area contributed by atoms with E-state index in [0.29, 0.717) is 25.1 Å². The molecule has 3 heterocycles. The van der Waals surface area contributed by atoms with E-state index >= 15 is 0 Å². The summed E-state index contributed by atoms with van der Waals surface area (Å²) in [6.07, 6.45) is 5.91. The first kappa shape index (κ1) is 12.6. The molecule has 19 heavy (non-hydrogen) atoms. The Labute approximate surface area is 112 Å². The third-order valence-corrected chi connectivity index (χ3v) is 4.00. The largest absolute Gasteiger partial charge is 0.378 e. The smallest absolute Gasteiger partial charge is 0.287 e. The van der Waals surface area contributed by atoms with Crippen molar-refractivity contribution < 1.29 is 9.53 Å². The van der Waals surface area contributed by atoms with Crippen LogP contribution >= 0.6 is 0 Å². The summed E-state index contributed by atoms with van der Waals surface area (Å²) in [4.78, 5) is 18.7. The van der Waals surface area contributed by atoms with Crippen molar-refractivity contribution in [1.82, 2.24) is 19.8 Å². The van der Waals surface area contributed by atoms with Gasteiger partial charge in [0.05, 0.1) is 25.3 Å². The van der Waals surface area contributed by atoms with Gasteiger partial charge in [-0.2, -0.15) is 0 Å². The lowest BCUT2D eigenvalue weighted by atomic mass is 10.1. The van der Waals surface area contributed by atoms with Crippen molar-refractivity contribution in [1.29, 1.82) is 0 Å². The van der Waals surface area contributed by atoms with Crippen molar-refractivity contribution in [2.75, 3.05) is 26.3 Å². The standard InChI is InChI=1S/C13H20N4O2/c1-16-7-4-14-12(16)13(18)15-10-8-19-9-11(10)17-5-2-3-6-17/h4,7,10-11H,2-3,5-6,8-9H2,1H3,(H,15,18)/t10-,11-/m0/s1. The van der Waals surface area contributed by atoms with Crippen molar-refractivity contribution in [2.24, 2.45) is 7.05 Å². The number of carbonyl (C=O) groups excluding carboxylic acids is 1. The molecular weight excluding hydrogens is 244 g/mol. The van der Waals surface area contributed by atoms with Gasteiger partial charge in [0, 0.05) is 19.4 Å². The molecule has 2 aliphatic heterocycles. The SMILES string of the molecule is Cn1ccnc1C(=O)N[C@H]1COC[C@@H]1N1CCCC1. The number of rotatable bonds is 3. The molecule has 0 bridgehead atoms. The molecule has 2 fully saturated rings. The Balaban J connectivity index is 1.65. The van der Waals surface area contributed by atoms with Crippen LogP contribution in [0.2, 0.25) is 0 Å². The van der Waals surface area contributed by atoms with E-state index in [9.17, 15) is 4.79 Å². The number of nitrogens with one attached hydrogen (secondary N) is 1. The summed E-state index contributed by atoms with van der Waals surface area (Å²) in [6, 6.07) is 0.383. The molecular formula is C13H20N4O2. The van der Waals surface area contributed by atoms with E-state index in [1.54, 1.807) is 17.0 Å². The minimum absolute atomic E-state index is 0.0716. The molecule has 2 aliphatic rings. The molecule has 0 radical (unpaired) electrons. The number of aromatic nitrogens is 2. The fraction of sp³-hybridized carbons (Fsp3) is 0.692. The van der Waals surface area contributed by atoms with E-state index in [4.69, 9.17) is 4.74 Å². The van der Waals surface area contributed by atoms with E-state index < -0.39 is 0 Å². The molecule has 3 rings (SSSR count). The zero-order valence-corrected chi connectivity index (χ0v) is 11.2. The number of carbonyl (C=O) groups is 1. The highest BCUT2D eigenvalue weighted by atomic mass is 16.5. The van der Waals surface area contributed by atoms with Gasteiger partial charge in [-0.1, -0.05) is 0 Å². The van der Waals surface area contributed by atoms with Gasteiger partial charge in [-0.05, 0) is 25.9 Å². The van der Waals surface area contributed by atoms with Crippen LogP contribution in [-0.4, -0.2) is 58.7 Å². The second kappa shape index (κ2) is 5.30. The lowest BCUT2D eigenvalue weighted by Gasteiger charge is -2.27. The summed E-state index contributed by atoms with van der Waals surface area (Å²) < 4.78 is 7.28. The normalized spacial score (nSPS) is 27.8. The number of hydrogen-bond donors (Lipinski definition) is 1. The quantitative estimate of drug-likeness (QED) is 0.835.